The van der Waals surface area contributed by atoms with Gasteiger partial charge in [0.1, 0.15) is 5.82 Å². The molecule has 142 valence electrons. The first-order valence-corrected chi connectivity index (χ1v) is 9.42. The van der Waals surface area contributed by atoms with Crippen molar-refractivity contribution in [1.82, 2.24) is 5.32 Å². The van der Waals surface area contributed by atoms with Gasteiger partial charge in [0, 0.05) is 18.4 Å². The molecule has 27 heavy (non-hydrogen) atoms. The Labute approximate surface area is 159 Å². The van der Waals surface area contributed by atoms with Crippen LogP contribution in [0.1, 0.15) is 36.8 Å². The normalized spacial score (nSPS) is 19.3. The maximum atomic E-state index is 13.7. The lowest BCUT2D eigenvalue weighted by Gasteiger charge is -2.27. The average molecular weight is 368 g/mol. The molecule has 0 radical (unpaired) electrons. The van der Waals surface area contributed by atoms with Gasteiger partial charge in [-0.25, -0.2) is 4.39 Å². The van der Waals surface area contributed by atoms with Crippen molar-refractivity contribution in [2.45, 2.75) is 39.2 Å². The van der Waals surface area contributed by atoms with E-state index in [1.807, 2.05) is 31.2 Å². The van der Waals surface area contributed by atoms with Crippen LogP contribution in [-0.4, -0.2) is 11.8 Å². The Balaban J connectivity index is 1.47. The van der Waals surface area contributed by atoms with Crippen molar-refractivity contribution in [2.75, 3.05) is 5.32 Å². The van der Waals surface area contributed by atoms with Gasteiger partial charge in [-0.1, -0.05) is 36.4 Å². The summed E-state index contributed by atoms with van der Waals surface area (Å²) in [7, 11) is 0. The Kier molecular flexibility index (Phi) is 6.22. The quantitative estimate of drug-likeness (QED) is 0.831. The van der Waals surface area contributed by atoms with Crippen molar-refractivity contribution in [2.24, 2.45) is 11.8 Å². The largest absolute Gasteiger partial charge is 0.352 e. The van der Waals surface area contributed by atoms with Gasteiger partial charge in [0.15, 0.2) is 0 Å². The van der Waals surface area contributed by atoms with Gasteiger partial charge in [0.25, 0.3) is 0 Å². The lowest BCUT2D eigenvalue weighted by atomic mass is 9.81. The summed E-state index contributed by atoms with van der Waals surface area (Å²) in [6.07, 6.45) is 2.63. The number of aryl methyl sites for hydroxylation is 1. The molecule has 3 rings (SSSR count). The second-order valence-corrected chi connectivity index (χ2v) is 7.16. The Bertz CT molecular complexity index is 813. The molecule has 2 amide bonds. The predicted octanol–water partition coefficient (Wildman–Crippen LogP) is 4.20. The highest BCUT2D eigenvalue weighted by molar-refractivity contribution is 5.92. The summed E-state index contributed by atoms with van der Waals surface area (Å²) in [6.45, 7) is 2.56. The van der Waals surface area contributed by atoms with E-state index in [4.69, 9.17) is 0 Å². The van der Waals surface area contributed by atoms with E-state index < -0.39 is 5.82 Å². The zero-order chi connectivity index (χ0) is 19.2. The van der Waals surface area contributed by atoms with Crippen LogP contribution in [0.5, 0.6) is 0 Å². The Morgan fingerprint density at radius 2 is 1.52 bits per heavy atom. The highest BCUT2D eigenvalue weighted by atomic mass is 19.1. The van der Waals surface area contributed by atoms with Crippen LogP contribution >= 0.6 is 0 Å². The summed E-state index contributed by atoms with van der Waals surface area (Å²) < 4.78 is 13.7. The van der Waals surface area contributed by atoms with Crippen LogP contribution < -0.4 is 10.6 Å². The molecule has 0 bridgehead atoms. The van der Waals surface area contributed by atoms with Crippen molar-refractivity contribution in [3.8, 4) is 0 Å². The Morgan fingerprint density at radius 3 is 2.19 bits per heavy atom. The lowest BCUT2D eigenvalue weighted by molar-refractivity contribution is -0.128. The number of amides is 2. The minimum atomic E-state index is -0.435. The number of rotatable bonds is 5. The van der Waals surface area contributed by atoms with Crippen molar-refractivity contribution < 1.29 is 14.0 Å². The summed E-state index contributed by atoms with van der Waals surface area (Å²) >= 11 is 0. The van der Waals surface area contributed by atoms with Gasteiger partial charge in [0.2, 0.25) is 11.8 Å². The van der Waals surface area contributed by atoms with Crippen LogP contribution in [0, 0.1) is 24.6 Å². The second kappa shape index (κ2) is 8.80. The number of halogens is 1. The number of hydrogen-bond donors (Lipinski definition) is 2. The summed E-state index contributed by atoms with van der Waals surface area (Å²) in [5.74, 6) is -0.795. The number of benzene rings is 2. The molecule has 0 aromatic heterocycles. The highest BCUT2D eigenvalue weighted by Gasteiger charge is 2.30. The van der Waals surface area contributed by atoms with E-state index in [1.54, 1.807) is 18.2 Å². The number of nitrogens with one attached hydrogen (secondary N) is 2. The first-order chi connectivity index (χ1) is 13.0. The zero-order valence-electron chi connectivity index (χ0n) is 15.5. The van der Waals surface area contributed by atoms with Crippen molar-refractivity contribution >= 4 is 17.5 Å². The van der Waals surface area contributed by atoms with Crippen molar-refractivity contribution in [3.63, 3.8) is 0 Å². The fourth-order valence-electron chi connectivity index (χ4n) is 3.55. The number of hydrogen-bond acceptors (Lipinski definition) is 2. The fourth-order valence-corrected chi connectivity index (χ4v) is 3.55. The third-order valence-corrected chi connectivity index (χ3v) is 5.31. The van der Waals surface area contributed by atoms with E-state index in [2.05, 4.69) is 10.6 Å². The van der Waals surface area contributed by atoms with E-state index in [0.29, 0.717) is 32.2 Å². The van der Waals surface area contributed by atoms with Crippen LogP contribution in [0.2, 0.25) is 0 Å². The molecule has 1 aliphatic rings. The third kappa shape index (κ3) is 4.94. The third-order valence-electron chi connectivity index (χ3n) is 5.31. The molecule has 1 aliphatic carbocycles. The molecule has 0 aliphatic heterocycles. The molecule has 4 nitrogen and oxygen atoms in total. The smallest absolute Gasteiger partial charge is 0.227 e. The van der Waals surface area contributed by atoms with E-state index in [1.165, 1.54) is 6.07 Å². The van der Waals surface area contributed by atoms with Gasteiger partial charge in [-0.2, -0.15) is 0 Å². The minimum absolute atomic E-state index is 0.0474. The van der Waals surface area contributed by atoms with Gasteiger partial charge >= 0.3 is 0 Å². The van der Waals surface area contributed by atoms with E-state index >= 15 is 0 Å². The summed E-state index contributed by atoms with van der Waals surface area (Å²) in [5, 5.41) is 5.67. The molecule has 2 aromatic carbocycles. The fraction of sp³-hybridized carbons (Fsp3) is 0.364. The maximum Gasteiger partial charge on any atom is 0.227 e. The number of carbonyl (C=O) groups is 2. The summed E-state index contributed by atoms with van der Waals surface area (Å²) in [4.78, 5) is 24.8. The van der Waals surface area contributed by atoms with Crippen molar-refractivity contribution in [1.29, 1.82) is 0 Å². The van der Waals surface area contributed by atoms with Crippen LogP contribution in [0.3, 0.4) is 0 Å². The van der Waals surface area contributed by atoms with Crippen LogP contribution in [-0.2, 0) is 16.1 Å². The maximum absolute atomic E-state index is 13.7. The summed E-state index contributed by atoms with van der Waals surface area (Å²) in [6, 6.07) is 14.1. The molecule has 2 N–H and O–H groups in total. The van der Waals surface area contributed by atoms with Gasteiger partial charge in [-0.15, -0.1) is 0 Å². The molecule has 2 aromatic rings. The van der Waals surface area contributed by atoms with E-state index in [-0.39, 0.29) is 29.3 Å². The molecule has 1 saturated carbocycles. The first-order valence-electron chi connectivity index (χ1n) is 9.42. The number of anilines is 1. The molecule has 0 saturated heterocycles. The monoisotopic (exact) mass is 368 g/mol. The second-order valence-electron chi connectivity index (χ2n) is 7.16. The predicted molar refractivity (Wildman–Crippen MR) is 104 cm³/mol. The molecule has 0 heterocycles. The molecular formula is C22H25FN2O2. The van der Waals surface area contributed by atoms with Gasteiger partial charge < -0.3 is 10.6 Å². The lowest BCUT2D eigenvalue weighted by Crippen LogP contribution is -2.35. The van der Waals surface area contributed by atoms with Crippen LogP contribution in [0.4, 0.5) is 10.1 Å². The number of para-hydroxylation sites is 1. The van der Waals surface area contributed by atoms with E-state index in [9.17, 15) is 14.0 Å². The first kappa shape index (κ1) is 19.1. The topological polar surface area (TPSA) is 58.2 Å². The average Bonchev–Trinajstić information content (AvgIpc) is 2.69. The summed E-state index contributed by atoms with van der Waals surface area (Å²) in [5.41, 5.74) is 2.48. The SMILES string of the molecule is Cc1ccccc1CNC(=O)C1CCC(C(=O)Nc2ccccc2F)CC1. The van der Waals surface area contributed by atoms with Crippen LogP contribution in [0.25, 0.3) is 0 Å². The highest BCUT2D eigenvalue weighted by Crippen LogP contribution is 2.30. The standard InChI is InChI=1S/C22H25FN2O2/c1-15-6-2-3-7-18(15)14-24-21(26)16-10-12-17(13-11-16)22(27)25-20-9-5-4-8-19(20)23/h2-9,16-17H,10-14H2,1H3,(H,24,26)(H,25,27). The van der Waals surface area contributed by atoms with Crippen LogP contribution in [0.15, 0.2) is 48.5 Å². The molecular weight excluding hydrogens is 343 g/mol. The molecule has 0 spiro atoms. The van der Waals surface area contributed by atoms with Gasteiger partial charge in [0.05, 0.1) is 5.69 Å². The minimum Gasteiger partial charge on any atom is -0.352 e. The Hall–Kier alpha value is -2.69. The molecule has 0 unspecified atom stereocenters. The van der Waals surface area contributed by atoms with E-state index in [0.717, 1.165) is 11.1 Å². The zero-order valence-corrected chi connectivity index (χ0v) is 15.5. The Morgan fingerprint density at radius 1 is 0.926 bits per heavy atom. The number of carbonyl (C=O) groups excluding carboxylic acids is 2. The molecule has 5 heteroatoms. The van der Waals surface area contributed by atoms with Gasteiger partial charge in [-0.05, 0) is 55.9 Å². The van der Waals surface area contributed by atoms with Crippen molar-refractivity contribution in [3.05, 3.63) is 65.5 Å². The van der Waals surface area contributed by atoms with Gasteiger partial charge in [-0.3, -0.25) is 9.59 Å². The molecule has 0 atom stereocenters. The molecule has 1 fully saturated rings.